The zero-order valence-electron chi connectivity index (χ0n) is 12.2. The van der Waals surface area contributed by atoms with E-state index in [0.29, 0.717) is 32.2 Å². The van der Waals surface area contributed by atoms with Gasteiger partial charge in [-0.25, -0.2) is 0 Å². The molecule has 1 aromatic rings. The van der Waals surface area contributed by atoms with Gasteiger partial charge in [0.25, 0.3) is 0 Å². The third kappa shape index (κ3) is 3.38. The summed E-state index contributed by atoms with van der Waals surface area (Å²) in [6.45, 7) is 6.38. The molecule has 1 aliphatic heterocycles. The molecule has 1 aliphatic rings. The third-order valence-electron chi connectivity index (χ3n) is 4.02. The zero-order valence-corrected chi connectivity index (χ0v) is 12.2. The number of benzene rings is 1. The Morgan fingerprint density at radius 2 is 2.10 bits per heavy atom. The fraction of sp³-hybridized carbons (Fsp3) is 0.562. The number of nitrogens with zero attached hydrogens (tertiary/aromatic N) is 1. The lowest BCUT2D eigenvalue weighted by Crippen LogP contribution is -2.46. The fourth-order valence-electron chi connectivity index (χ4n) is 2.60. The van der Waals surface area contributed by atoms with Crippen LogP contribution in [0.25, 0.3) is 0 Å². The highest BCUT2D eigenvalue weighted by molar-refractivity contribution is 5.75. The number of carboxylic acids is 1. The summed E-state index contributed by atoms with van der Waals surface area (Å²) in [7, 11) is 0. The van der Waals surface area contributed by atoms with E-state index in [1.54, 1.807) is 0 Å². The summed E-state index contributed by atoms with van der Waals surface area (Å²) in [6.07, 6.45) is 0.598. The number of aliphatic carboxylic acids is 1. The lowest BCUT2D eigenvalue weighted by Gasteiger charge is -2.34. The molecule has 1 atom stereocenters. The van der Waals surface area contributed by atoms with Gasteiger partial charge >= 0.3 is 5.97 Å². The first-order valence-electron chi connectivity index (χ1n) is 7.13. The third-order valence-corrected chi connectivity index (χ3v) is 4.02. The highest BCUT2D eigenvalue weighted by Crippen LogP contribution is 2.31. The summed E-state index contributed by atoms with van der Waals surface area (Å²) >= 11 is 0. The summed E-state index contributed by atoms with van der Waals surface area (Å²) in [5.74, 6) is -0.742. The van der Waals surface area contributed by atoms with Gasteiger partial charge in [-0.1, -0.05) is 30.3 Å². The average Bonchev–Trinajstić information content (AvgIpc) is 2.89. The first-order valence-corrected chi connectivity index (χ1v) is 7.13. The maximum atomic E-state index is 11.6. The van der Waals surface area contributed by atoms with Gasteiger partial charge in [-0.2, -0.15) is 0 Å². The van der Waals surface area contributed by atoms with E-state index in [2.05, 4.69) is 30.9 Å². The summed E-state index contributed by atoms with van der Waals surface area (Å²) in [6, 6.07) is 10.5. The van der Waals surface area contributed by atoms with Crippen LogP contribution in [0.3, 0.4) is 0 Å². The average molecular weight is 277 g/mol. The predicted molar refractivity (Wildman–Crippen MR) is 77.5 cm³/mol. The van der Waals surface area contributed by atoms with Crippen molar-refractivity contribution in [1.82, 2.24) is 4.90 Å². The molecule has 0 spiro atoms. The Bertz CT molecular complexity index is 438. The molecular formula is C16H23NO3. The number of hydrogen-bond donors (Lipinski definition) is 1. The van der Waals surface area contributed by atoms with Crippen molar-refractivity contribution in [1.29, 1.82) is 0 Å². The van der Waals surface area contributed by atoms with E-state index < -0.39 is 11.4 Å². The molecule has 1 aromatic carbocycles. The molecule has 1 fully saturated rings. The molecule has 1 N–H and O–H groups in total. The smallest absolute Gasteiger partial charge is 0.313 e. The number of ether oxygens (including phenoxy) is 1. The van der Waals surface area contributed by atoms with Gasteiger partial charge in [0.2, 0.25) is 0 Å². The summed E-state index contributed by atoms with van der Waals surface area (Å²) < 4.78 is 5.35. The molecule has 1 saturated heterocycles. The van der Waals surface area contributed by atoms with E-state index in [9.17, 15) is 9.90 Å². The topological polar surface area (TPSA) is 49.8 Å². The van der Waals surface area contributed by atoms with Crippen LogP contribution in [0.5, 0.6) is 0 Å². The van der Waals surface area contributed by atoms with Crippen molar-refractivity contribution in [2.24, 2.45) is 5.41 Å². The monoisotopic (exact) mass is 277 g/mol. The highest BCUT2D eigenvalue weighted by atomic mass is 16.5. The van der Waals surface area contributed by atoms with E-state index in [1.807, 2.05) is 18.2 Å². The van der Waals surface area contributed by atoms with Crippen LogP contribution in [0.1, 0.15) is 25.8 Å². The van der Waals surface area contributed by atoms with E-state index in [4.69, 9.17) is 4.74 Å². The summed E-state index contributed by atoms with van der Waals surface area (Å²) in [5.41, 5.74) is 0.458. The Morgan fingerprint density at radius 1 is 1.40 bits per heavy atom. The quantitative estimate of drug-likeness (QED) is 0.867. The number of hydrogen-bond acceptors (Lipinski definition) is 3. The molecule has 1 unspecified atom stereocenters. The van der Waals surface area contributed by atoms with Gasteiger partial charge in [-0.05, 0) is 25.8 Å². The maximum Gasteiger partial charge on any atom is 0.313 e. The minimum Gasteiger partial charge on any atom is -0.481 e. The standard InChI is InChI=1S/C16H23NO3/c1-13(2)17(10-14-6-4-3-5-7-14)11-16(15(18)19)8-9-20-12-16/h3-7,13H,8-12H2,1-2H3,(H,18,19). The lowest BCUT2D eigenvalue weighted by molar-refractivity contribution is -0.150. The van der Waals surface area contributed by atoms with Crippen molar-refractivity contribution in [2.45, 2.75) is 32.9 Å². The van der Waals surface area contributed by atoms with Gasteiger partial charge < -0.3 is 9.84 Å². The number of carboxylic acid groups (broad SMARTS) is 1. The van der Waals surface area contributed by atoms with Crippen molar-refractivity contribution in [3.05, 3.63) is 35.9 Å². The molecule has 0 aliphatic carbocycles. The van der Waals surface area contributed by atoms with Gasteiger partial charge in [0.05, 0.1) is 6.61 Å². The first kappa shape index (κ1) is 15.0. The largest absolute Gasteiger partial charge is 0.481 e. The lowest BCUT2D eigenvalue weighted by atomic mass is 9.86. The normalized spacial score (nSPS) is 22.6. The predicted octanol–water partition coefficient (Wildman–Crippen LogP) is 2.39. The van der Waals surface area contributed by atoms with E-state index in [0.717, 1.165) is 6.54 Å². The fourth-order valence-corrected chi connectivity index (χ4v) is 2.60. The second-order valence-electron chi connectivity index (χ2n) is 5.87. The Kier molecular flexibility index (Phi) is 4.78. The van der Waals surface area contributed by atoms with Gasteiger partial charge in [-0.15, -0.1) is 0 Å². The molecule has 110 valence electrons. The Hall–Kier alpha value is -1.39. The second-order valence-corrected chi connectivity index (χ2v) is 5.87. The molecule has 1 heterocycles. The number of rotatable bonds is 6. The van der Waals surface area contributed by atoms with Crippen LogP contribution < -0.4 is 0 Å². The van der Waals surface area contributed by atoms with Crippen molar-refractivity contribution < 1.29 is 14.6 Å². The van der Waals surface area contributed by atoms with Crippen LogP contribution in [0.4, 0.5) is 0 Å². The Balaban J connectivity index is 2.11. The Labute approximate surface area is 120 Å². The van der Waals surface area contributed by atoms with Crippen LogP contribution in [0.15, 0.2) is 30.3 Å². The van der Waals surface area contributed by atoms with Gasteiger partial charge in [0.1, 0.15) is 5.41 Å². The van der Waals surface area contributed by atoms with Crippen molar-refractivity contribution in [2.75, 3.05) is 19.8 Å². The summed E-state index contributed by atoms with van der Waals surface area (Å²) in [4.78, 5) is 13.8. The van der Waals surface area contributed by atoms with Gasteiger partial charge in [0.15, 0.2) is 0 Å². The van der Waals surface area contributed by atoms with Crippen LogP contribution >= 0.6 is 0 Å². The zero-order chi connectivity index (χ0) is 14.6. The first-order chi connectivity index (χ1) is 9.53. The van der Waals surface area contributed by atoms with E-state index >= 15 is 0 Å². The molecule has 2 rings (SSSR count). The van der Waals surface area contributed by atoms with Crippen LogP contribution in [0, 0.1) is 5.41 Å². The molecular weight excluding hydrogens is 254 g/mol. The van der Waals surface area contributed by atoms with Crippen molar-refractivity contribution in [3.8, 4) is 0 Å². The summed E-state index contributed by atoms with van der Waals surface area (Å²) in [5, 5.41) is 9.55. The number of carbonyl (C=O) groups is 1. The maximum absolute atomic E-state index is 11.6. The second kappa shape index (κ2) is 6.37. The van der Waals surface area contributed by atoms with Crippen LogP contribution in [-0.2, 0) is 16.1 Å². The molecule has 20 heavy (non-hydrogen) atoms. The van der Waals surface area contributed by atoms with E-state index in [1.165, 1.54) is 5.56 Å². The molecule has 0 aromatic heterocycles. The molecule has 0 bridgehead atoms. The highest BCUT2D eigenvalue weighted by Gasteiger charge is 2.44. The van der Waals surface area contributed by atoms with Crippen LogP contribution in [-0.4, -0.2) is 41.8 Å². The molecule has 4 nitrogen and oxygen atoms in total. The molecule has 4 heteroatoms. The van der Waals surface area contributed by atoms with E-state index in [-0.39, 0.29) is 0 Å². The molecule has 0 saturated carbocycles. The molecule has 0 amide bonds. The Morgan fingerprint density at radius 3 is 2.60 bits per heavy atom. The van der Waals surface area contributed by atoms with Crippen molar-refractivity contribution in [3.63, 3.8) is 0 Å². The minimum absolute atomic E-state index is 0.298. The van der Waals surface area contributed by atoms with Gasteiger partial charge in [0, 0.05) is 25.7 Å². The SMILES string of the molecule is CC(C)N(Cc1ccccc1)CC1(C(=O)O)CCOC1. The minimum atomic E-state index is -0.751. The van der Waals surface area contributed by atoms with Crippen molar-refractivity contribution >= 4 is 5.97 Å². The molecule has 0 radical (unpaired) electrons. The van der Waals surface area contributed by atoms with Crippen LogP contribution in [0.2, 0.25) is 0 Å². The van der Waals surface area contributed by atoms with Gasteiger partial charge in [-0.3, -0.25) is 9.69 Å².